The zero-order valence-electron chi connectivity index (χ0n) is 18.1. The number of rotatable bonds is 4. The highest BCUT2D eigenvalue weighted by Gasteiger charge is 2.28. The van der Waals surface area contributed by atoms with Crippen LogP contribution in [0.4, 0.5) is 0 Å². The number of hydrazine groups is 1. The second-order valence-electron chi connectivity index (χ2n) is 7.67. The Morgan fingerprint density at radius 2 is 1.53 bits per heavy atom. The Morgan fingerprint density at radius 3 is 2.24 bits per heavy atom. The topological polar surface area (TPSA) is 133 Å². The van der Waals surface area contributed by atoms with Gasteiger partial charge >= 0.3 is 5.91 Å². The van der Waals surface area contributed by atoms with E-state index in [-0.39, 0.29) is 11.5 Å². The molecule has 9 nitrogen and oxygen atoms in total. The lowest BCUT2D eigenvalue weighted by atomic mass is 9.93. The number of aromatic hydroxyl groups is 1. The van der Waals surface area contributed by atoms with Crippen molar-refractivity contribution in [1.29, 1.82) is 0 Å². The van der Waals surface area contributed by atoms with E-state index in [1.807, 2.05) is 0 Å². The number of nitrogens with zero attached hydrogens (tertiary/aromatic N) is 1. The fraction of sp³-hybridized carbons (Fsp3) is 0.167. The van der Waals surface area contributed by atoms with Crippen LogP contribution in [-0.2, 0) is 6.42 Å². The largest absolute Gasteiger partial charge is 0.508 e. The van der Waals surface area contributed by atoms with Gasteiger partial charge < -0.3 is 9.52 Å². The number of phenolic OH excluding ortho intramolecular Hbond substituents is 1. The van der Waals surface area contributed by atoms with Gasteiger partial charge in [0.25, 0.3) is 11.8 Å². The predicted octanol–water partition coefficient (Wildman–Crippen LogP) is 3.60. The van der Waals surface area contributed by atoms with Crippen LogP contribution in [0.5, 0.6) is 5.75 Å². The number of fused-ring (bicyclic) bond motifs is 1. The molecule has 0 unspecified atom stereocenters. The average Bonchev–Trinajstić information content (AvgIpc) is 3.18. The molecule has 0 bridgehead atoms. The van der Waals surface area contributed by atoms with Crippen molar-refractivity contribution in [2.75, 3.05) is 0 Å². The van der Waals surface area contributed by atoms with Crippen molar-refractivity contribution in [3.8, 4) is 5.75 Å². The second kappa shape index (κ2) is 9.92. The Morgan fingerprint density at radius 1 is 0.912 bits per heavy atom. The van der Waals surface area contributed by atoms with Crippen molar-refractivity contribution in [3.05, 3.63) is 86.8 Å². The molecule has 1 aromatic heterocycles. The molecule has 0 saturated heterocycles. The van der Waals surface area contributed by atoms with Crippen molar-refractivity contribution in [3.63, 3.8) is 0 Å². The normalized spacial score (nSPS) is 13.8. The molecule has 0 fully saturated rings. The zero-order chi connectivity index (χ0) is 24.2. The fourth-order valence-electron chi connectivity index (χ4n) is 3.64. The van der Waals surface area contributed by atoms with Gasteiger partial charge in [0.05, 0.1) is 5.71 Å². The molecular formula is C24H21BrN4O5. The number of nitrogens with one attached hydrogen (secondary N) is 3. The Labute approximate surface area is 203 Å². The molecule has 10 heteroatoms. The van der Waals surface area contributed by atoms with E-state index in [4.69, 9.17) is 4.42 Å². The molecule has 3 aromatic rings. The van der Waals surface area contributed by atoms with Crippen molar-refractivity contribution in [1.82, 2.24) is 16.3 Å². The zero-order valence-corrected chi connectivity index (χ0v) is 19.7. The maximum Gasteiger partial charge on any atom is 0.305 e. The summed E-state index contributed by atoms with van der Waals surface area (Å²) in [6, 6.07) is 12.5. The van der Waals surface area contributed by atoms with E-state index in [0.717, 1.165) is 10.9 Å². The monoisotopic (exact) mass is 524 g/mol. The number of carbonyl (C=O) groups excluding carboxylic acids is 3. The first-order chi connectivity index (χ1) is 16.3. The third kappa shape index (κ3) is 5.01. The summed E-state index contributed by atoms with van der Waals surface area (Å²) in [5.41, 5.74) is 9.88. The summed E-state index contributed by atoms with van der Waals surface area (Å²) in [4.78, 5) is 37.3. The van der Waals surface area contributed by atoms with E-state index in [9.17, 15) is 19.5 Å². The molecule has 174 valence electrons. The number of phenols is 1. The minimum absolute atomic E-state index is 0.0626. The van der Waals surface area contributed by atoms with Gasteiger partial charge in [-0.3, -0.25) is 25.2 Å². The van der Waals surface area contributed by atoms with Crippen LogP contribution in [0.2, 0.25) is 0 Å². The number of hydrazone groups is 1. The number of amides is 3. The van der Waals surface area contributed by atoms with Gasteiger partial charge in [0.15, 0.2) is 5.76 Å². The molecule has 1 heterocycles. The van der Waals surface area contributed by atoms with Crippen LogP contribution in [-0.4, -0.2) is 28.5 Å². The van der Waals surface area contributed by atoms with Gasteiger partial charge in [-0.25, -0.2) is 5.43 Å². The van der Waals surface area contributed by atoms with Crippen LogP contribution in [0.15, 0.2) is 62.5 Å². The third-order valence-electron chi connectivity index (χ3n) is 5.35. The SMILES string of the molecule is Cc1c(C(=O)NNC(=O)c2ccc(Br)cc2)oc2c1/C(=N/NC(=O)c1ccc(O)cc1)CCC2. The van der Waals surface area contributed by atoms with Gasteiger partial charge in [0.1, 0.15) is 11.5 Å². The average molecular weight is 525 g/mol. The number of hydrogen-bond acceptors (Lipinski definition) is 6. The highest BCUT2D eigenvalue weighted by atomic mass is 79.9. The lowest BCUT2D eigenvalue weighted by Gasteiger charge is -2.13. The quantitative estimate of drug-likeness (QED) is 0.387. The minimum Gasteiger partial charge on any atom is -0.508 e. The first kappa shape index (κ1) is 23.2. The van der Waals surface area contributed by atoms with Gasteiger partial charge in [-0.15, -0.1) is 0 Å². The summed E-state index contributed by atoms with van der Waals surface area (Å²) in [5.74, 6) is -0.743. The Bertz CT molecular complexity index is 1280. The first-order valence-corrected chi connectivity index (χ1v) is 11.3. The van der Waals surface area contributed by atoms with Gasteiger partial charge in [-0.05, 0) is 68.3 Å². The molecule has 0 saturated carbocycles. The summed E-state index contributed by atoms with van der Waals surface area (Å²) in [7, 11) is 0. The van der Waals surface area contributed by atoms with E-state index in [0.29, 0.717) is 46.6 Å². The number of halogens is 1. The van der Waals surface area contributed by atoms with Crippen molar-refractivity contribution < 1.29 is 23.9 Å². The van der Waals surface area contributed by atoms with Gasteiger partial charge in [0, 0.05) is 33.1 Å². The van der Waals surface area contributed by atoms with Crippen LogP contribution in [0.1, 0.15) is 61.0 Å². The molecule has 0 spiro atoms. The Balaban J connectivity index is 1.47. The van der Waals surface area contributed by atoms with E-state index >= 15 is 0 Å². The summed E-state index contributed by atoms with van der Waals surface area (Å²) in [6.07, 6.45) is 1.97. The number of carbonyl (C=O) groups is 3. The number of aryl methyl sites for hydroxylation is 1. The lowest BCUT2D eigenvalue weighted by Crippen LogP contribution is -2.41. The number of hydrogen-bond donors (Lipinski definition) is 4. The highest BCUT2D eigenvalue weighted by molar-refractivity contribution is 9.10. The molecule has 4 N–H and O–H groups in total. The predicted molar refractivity (Wildman–Crippen MR) is 128 cm³/mol. The maximum absolute atomic E-state index is 12.7. The molecule has 34 heavy (non-hydrogen) atoms. The van der Waals surface area contributed by atoms with Crippen LogP contribution in [0.25, 0.3) is 0 Å². The van der Waals surface area contributed by atoms with Crippen molar-refractivity contribution >= 4 is 39.4 Å². The van der Waals surface area contributed by atoms with E-state index in [1.165, 1.54) is 24.3 Å². The van der Waals surface area contributed by atoms with Crippen LogP contribution >= 0.6 is 15.9 Å². The summed E-state index contributed by atoms with van der Waals surface area (Å²) in [5, 5.41) is 13.6. The van der Waals surface area contributed by atoms with Crippen molar-refractivity contribution in [2.24, 2.45) is 5.10 Å². The molecule has 4 rings (SSSR count). The van der Waals surface area contributed by atoms with Gasteiger partial charge in [-0.1, -0.05) is 15.9 Å². The van der Waals surface area contributed by atoms with E-state index < -0.39 is 17.7 Å². The van der Waals surface area contributed by atoms with Crippen LogP contribution in [0, 0.1) is 6.92 Å². The maximum atomic E-state index is 12.7. The molecule has 3 amide bonds. The molecule has 0 radical (unpaired) electrons. The van der Waals surface area contributed by atoms with Gasteiger partial charge in [-0.2, -0.15) is 5.10 Å². The Kier molecular flexibility index (Phi) is 6.78. The molecule has 1 aliphatic carbocycles. The van der Waals surface area contributed by atoms with E-state index in [1.54, 1.807) is 31.2 Å². The summed E-state index contributed by atoms with van der Waals surface area (Å²) >= 11 is 3.31. The molecule has 2 aromatic carbocycles. The minimum atomic E-state index is -0.593. The standard InChI is InChI=1S/C24H21BrN4O5/c1-13-20-18(26-27-22(31)15-7-11-17(30)12-8-15)3-2-4-19(20)34-21(13)24(33)29-28-23(32)14-5-9-16(25)10-6-14/h5-12,30H,2-4H2,1H3,(H,27,31)(H,28,32)(H,29,33)/b26-18+. The smallest absolute Gasteiger partial charge is 0.305 e. The van der Waals surface area contributed by atoms with Crippen molar-refractivity contribution in [2.45, 2.75) is 26.2 Å². The summed E-state index contributed by atoms with van der Waals surface area (Å²) in [6.45, 7) is 1.73. The van der Waals surface area contributed by atoms with Crippen LogP contribution < -0.4 is 16.3 Å². The molecule has 0 atom stereocenters. The highest BCUT2D eigenvalue weighted by Crippen LogP contribution is 2.29. The third-order valence-corrected chi connectivity index (χ3v) is 5.88. The molecular weight excluding hydrogens is 504 g/mol. The van der Waals surface area contributed by atoms with E-state index in [2.05, 4.69) is 37.3 Å². The Hall–Kier alpha value is -3.92. The molecule has 1 aliphatic rings. The number of furan rings is 1. The first-order valence-electron chi connectivity index (χ1n) is 10.5. The fourth-order valence-corrected chi connectivity index (χ4v) is 3.90. The molecule has 0 aliphatic heterocycles. The summed E-state index contributed by atoms with van der Waals surface area (Å²) < 4.78 is 6.63. The lowest BCUT2D eigenvalue weighted by molar-refractivity contribution is 0.0829. The second-order valence-corrected chi connectivity index (χ2v) is 8.59. The number of benzene rings is 2. The van der Waals surface area contributed by atoms with Crippen LogP contribution in [0.3, 0.4) is 0 Å². The van der Waals surface area contributed by atoms with Gasteiger partial charge in [0.2, 0.25) is 0 Å².